The number of rotatable bonds is 1. The summed E-state index contributed by atoms with van der Waals surface area (Å²) in [6.45, 7) is 7.04. The van der Waals surface area contributed by atoms with Crippen LogP contribution in [0.1, 0.15) is 0 Å². The quantitative estimate of drug-likeness (QED) is 0.564. The van der Waals surface area contributed by atoms with Crippen LogP contribution in [-0.2, 0) is 0 Å². The van der Waals surface area contributed by atoms with Crippen LogP contribution in [0, 0.1) is 6.57 Å². The van der Waals surface area contributed by atoms with Crippen LogP contribution in [0.3, 0.4) is 0 Å². The minimum absolute atomic E-state index is 0.641. The maximum Gasteiger partial charge on any atom is 0.187 e. The van der Waals surface area contributed by atoms with Crippen molar-refractivity contribution in [1.82, 2.24) is 4.98 Å². The topological polar surface area (TPSA) is 17.2 Å². The summed E-state index contributed by atoms with van der Waals surface area (Å²) in [6.07, 6.45) is 0. The van der Waals surface area contributed by atoms with Crippen molar-refractivity contribution < 1.29 is 0 Å². The molecule has 2 nitrogen and oxygen atoms in total. The lowest BCUT2D eigenvalue weighted by molar-refractivity contribution is 1.40. The lowest BCUT2D eigenvalue weighted by Gasteiger charge is -2.03. The fourth-order valence-electron chi connectivity index (χ4n) is 1.96. The largest absolute Gasteiger partial charge is 0.248 e. The number of benzene rings is 2. The van der Waals surface area contributed by atoms with Gasteiger partial charge in [0.05, 0.1) is 17.8 Å². The summed E-state index contributed by atoms with van der Waals surface area (Å²) < 4.78 is 0. The van der Waals surface area contributed by atoms with Crippen molar-refractivity contribution in [2.75, 3.05) is 0 Å². The molecule has 0 amide bonds. The molecule has 0 fully saturated rings. The molecule has 0 aliphatic rings. The molecule has 0 spiro atoms. The summed E-state index contributed by atoms with van der Waals surface area (Å²) >= 11 is 0. The van der Waals surface area contributed by atoms with Crippen LogP contribution in [0.25, 0.3) is 27.0 Å². The molecule has 18 heavy (non-hydrogen) atoms. The van der Waals surface area contributed by atoms with Crippen LogP contribution in [0.15, 0.2) is 60.7 Å². The Bertz CT molecular complexity index is 754. The van der Waals surface area contributed by atoms with Gasteiger partial charge in [-0.15, -0.1) is 0 Å². The third-order valence-electron chi connectivity index (χ3n) is 2.87. The number of hydrogen-bond donors (Lipinski definition) is 0. The number of aromatic nitrogens is 1. The van der Waals surface area contributed by atoms with Crippen LogP contribution >= 0.6 is 0 Å². The van der Waals surface area contributed by atoms with Crippen molar-refractivity contribution in [2.24, 2.45) is 0 Å². The highest BCUT2D eigenvalue weighted by molar-refractivity contribution is 5.81. The Balaban J connectivity index is 2.16. The zero-order valence-corrected chi connectivity index (χ0v) is 9.67. The highest BCUT2D eigenvalue weighted by Crippen LogP contribution is 2.24. The molecular weight excluding hydrogens is 220 g/mol. The molecule has 0 N–H and O–H groups in total. The van der Waals surface area contributed by atoms with Crippen molar-refractivity contribution in [3.8, 4) is 11.3 Å². The Labute approximate surface area is 105 Å². The smallest absolute Gasteiger partial charge is 0.187 e. The molecule has 1 aromatic heterocycles. The van der Waals surface area contributed by atoms with E-state index in [2.05, 4.69) is 15.9 Å². The zero-order valence-electron chi connectivity index (χ0n) is 9.67. The van der Waals surface area contributed by atoms with E-state index < -0.39 is 0 Å². The molecule has 3 rings (SSSR count). The number of pyridine rings is 1. The molecule has 0 bridgehead atoms. The van der Waals surface area contributed by atoms with Gasteiger partial charge in [0.25, 0.3) is 0 Å². The van der Waals surface area contributed by atoms with E-state index in [-0.39, 0.29) is 0 Å². The minimum atomic E-state index is 0.641. The first-order valence-electron chi connectivity index (χ1n) is 5.70. The number of fused-ring (bicyclic) bond motifs is 1. The van der Waals surface area contributed by atoms with Gasteiger partial charge < -0.3 is 0 Å². The van der Waals surface area contributed by atoms with Crippen LogP contribution in [0.2, 0.25) is 0 Å². The van der Waals surface area contributed by atoms with E-state index in [4.69, 9.17) is 6.57 Å². The van der Waals surface area contributed by atoms with Gasteiger partial charge in [0.15, 0.2) is 5.69 Å². The zero-order chi connectivity index (χ0) is 12.4. The third kappa shape index (κ3) is 1.83. The highest BCUT2D eigenvalue weighted by Gasteiger charge is 2.01. The lowest BCUT2D eigenvalue weighted by Crippen LogP contribution is -1.84. The Morgan fingerprint density at radius 1 is 0.889 bits per heavy atom. The first kappa shape index (κ1) is 10.5. The molecule has 3 aromatic rings. The minimum Gasteiger partial charge on any atom is -0.248 e. The molecule has 0 aliphatic heterocycles. The van der Waals surface area contributed by atoms with E-state index in [1.807, 2.05) is 48.5 Å². The van der Waals surface area contributed by atoms with E-state index in [1.165, 1.54) is 0 Å². The summed E-state index contributed by atoms with van der Waals surface area (Å²) in [6, 6.07) is 19.6. The van der Waals surface area contributed by atoms with E-state index in [9.17, 15) is 0 Å². The van der Waals surface area contributed by atoms with Gasteiger partial charge in [-0.25, -0.2) is 9.83 Å². The van der Waals surface area contributed by atoms with Crippen molar-refractivity contribution in [3.63, 3.8) is 0 Å². The van der Waals surface area contributed by atoms with Crippen molar-refractivity contribution in [1.29, 1.82) is 0 Å². The molecule has 0 unspecified atom stereocenters. The molecule has 0 aliphatic carbocycles. The first-order chi connectivity index (χ1) is 8.86. The van der Waals surface area contributed by atoms with Gasteiger partial charge in [-0.3, -0.25) is 0 Å². The molecule has 2 aromatic carbocycles. The second-order valence-corrected chi connectivity index (χ2v) is 4.05. The summed E-state index contributed by atoms with van der Waals surface area (Å²) in [4.78, 5) is 8.06. The Morgan fingerprint density at radius 3 is 2.67 bits per heavy atom. The fourth-order valence-corrected chi connectivity index (χ4v) is 1.96. The van der Waals surface area contributed by atoms with Gasteiger partial charge in [0.1, 0.15) is 0 Å². The van der Waals surface area contributed by atoms with E-state index >= 15 is 0 Å². The van der Waals surface area contributed by atoms with Gasteiger partial charge in [-0.1, -0.05) is 42.5 Å². The molecule has 0 atom stereocenters. The molecule has 0 radical (unpaired) electrons. The normalized spacial score (nSPS) is 10.2. The second kappa shape index (κ2) is 4.31. The van der Waals surface area contributed by atoms with E-state index in [0.717, 1.165) is 22.2 Å². The summed E-state index contributed by atoms with van der Waals surface area (Å²) in [5.41, 5.74) is 3.50. The van der Waals surface area contributed by atoms with Gasteiger partial charge in [0.2, 0.25) is 0 Å². The molecule has 1 heterocycles. The number of hydrogen-bond acceptors (Lipinski definition) is 1. The van der Waals surface area contributed by atoms with E-state index in [0.29, 0.717) is 5.69 Å². The summed E-state index contributed by atoms with van der Waals surface area (Å²) in [7, 11) is 0. The van der Waals surface area contributed by atoms with Crippen LogP contribution in [0.5, 0.6) is 0 Å². The summed E-state index contributed by atoms with van der Waals surface area (Å²) in [5, 5.41) is 1.13. The average Bonchev–Trinajstić information content (AvgIpc) is 2.47. The third-order valence-corrected chi connectivity index (χ3v) is 2.87. The van der Waals surface area contributed by atoms with Crippen molar-refractivity contribution in [2.45, 2.75) is 0 Å². The second-order valence-electron chi connectivity index (χ2n) is 4.05. The van der Waals surface area contributed by atoms with Gasteiger partial charge >= 0.3 is 0 Å². The predicted octanol–water partition coefficient (Wildman–Crippen LogP) is 4.45. The summed E-state index contributed by atoms with van der Waals surface area (Å²) in [5.74, 6) is 0. The van der Waals surface area contributed by atoms with Gasteiger partial charge in [-0.05, 0) is 23.8 Å². The molecule has 0 saturated carbocycles. The molecule has 0 saturated heterocycles. The van der Waals surface area contributed by atoms with E-state index in [1.54, 1.807) is 6.07 Å². The molecule has 84 valence electrons. The standard InChI is InChI=1S/C16H10N2/c1-17-14-7-4-6-13(11-14)16-10-9-12-5-2-3-8-15(12)18-16/h2-11H. The van der Waals surface area contributed by atoms with Gasteiger partial charge in [0, 0.05) is 5.39 Å². The SMILES string of the molecule is [C-]#[N+]c1cccc(-c2ccc3ccccc3n2)c1. The first-order valence-corrected chi connectivity index (χ1v) is 5.70. The van der Waals surface area contributed by atoms with Crippen LogP contribution in [0.4, 0.5) is 5.69 Å². The maximum atomic E-state index is 7.04. The fraction of sp³-hybridized carbons (Fsp3) is 0. The molecular formula is C16H10N2. The molecule has 2 heteroatoms. The van der Waals surface area contributed by atoms with Crippen molar-refractivity contribution >= 4 is 16.6 Å². The lowest BCUT2D eigenvalue weighted by atomic mass is 10.1. The monoisotopic (exact) mass is 230 g/mol. The highest BCUT2D eigenvalue weighted by atomic mass is 14.7. The Hall–Kier alpha value is -2.66. The Kier molecular flexibility index (Phi) is 2.51. The predicted molar refractivity (Wildman–Crippen MR) is 73.4 cm³/mol. The van der Waals surface area contributed by atoms with Crippen molar-refractivity contribution in [3.05, 3.63) is 72.1 Å². The van der Waals surface area contributed by atoms with Gasteiger partial charge in [-0.2, -0.15) is 0 Å². The number of nitrogens with zero attached hydrogens (tertiary/aromatic N) is 2. The Morgan fingerprint density at radius 2 is 1.78 bits per heavy atom. The van der Waals surface area contributed by atoms with Crippen LogP contribution in [-0.4, -0.2) is 4.98 Å². The number of para-hydroxylation sites is 1. The average molecular weight is 230 g/mol. The maximum absolute atomic E-state index is 7.04. The van der Waals surface area contributed by atoms with Crippen LogP contribution < -0.4 is 0 Å².